The smallest absolute Gasteiger partial charge is 0.307 e. The quantitative estimate of drug-likeness (QED) is 0.798. The molecule has 1 aromatic carbocycles. The molecule has 2 fully saturated rings. The standard InChI is InChI=1S/C15H19FN2O3S/c16-22(20,21)14-10-15(19)18(11-14)13-6-4-12(5-7-13)17-8-2-1-3-9-17/h4-7,14H,1-3,8-11H2. The largest absolute Gasteiger partial charge is 0.372 e. The van der Waals surface area contributed by atoms with Crippen LogP contribution < -0.4 is 9.80 Å². The molecule has 120 valence electrons. The van der Waals surface area contributed by atoms with Crippen molar-refractivity contribution in [1.29, 1.82) is 0 Å². The Morgan fingerprint density at radius 1 is 1.00 bits per heavy atom. The van der Waals surface area contributed by atoms with Gasteiger partial charge in [-0.1, -0.05) is 0 Å². The Morgan fingerprint density at radius 3 is 2.14 bits per heavy atom. The minimum absolute atomic E-state index is 0.110. The highest BCUT2D eigenvalue weighted by atomic mass is 32.3. The van der Waals surface area contributed by atoms with Crippen molar-refractivity contribution in [2.24, 2.45) is 0 Å². The van der Waals surface area contributed by atoms with Crippen LogP contribution in [0.5, 0.6) is 0 Å². The molecule has 1 amide bonds. The van der Waals surface area contributed by atoms with E-state index in [0.29, 0.717) is 5.69 Å². The van der Waals surface area contributed by atoms with Crippen molar-refractivity contribution in [3.63, 3.8) is 0 Å². The molecular formula is C15H19FN2O3S. The Bertz CT molecular complexity index is 654. The zero-order chi connectivity index (χ0) is 15.7. The van der Waals surface area contributed by atoms with Gasteiger partial charge in [-0.05, 0) is 43.5 Å². The summed E-state index contributed by atoms with van der Waals surface area (Å²) in [4.78, 5) is 15.6. The fraction of sp³-hybridized carbons (Fsp3) is 0.533. The molecule has 0 spiro atoms. The van der Waals surface area contributed by atoms with Crippen LogP contribution in [0.25, 0.3) is 0 Å². The lowest BCUT2D eigenvalue weighted by Crippen LogP contribution is -2.29. The molecule has 2 aliphatic rings. The third-order valence-corrected chi connectivity index (χ3v) is 5.48. The summed E-state index contributed by atoms with van der Waals surface area (Å²) in [6, 6.07) is 7.47. The number of nitrogens with zero attached hydrogens (tertiary/aromatic N) is 2. The third-order valence-electron chi connectivity index (χ3n) is 4.37. The van der Waals surface area contributed by atoms with Crippen LogP contribution in [0.2, 0.25) is 0 Å². The Morgan fingerprint density at radius 2 is 1.59 bits per heavy atom. The maximum absolute atomic E-state index is 13.1. The van der Waals surface area contributed by atoms with E-state index in [9.17, 15) is 17.1 Å². The van der Waals surface area contributed by atoms with Gasteiger partial charge in [0.05, 0.1) is 0 Å². The maximum atomic E-state index is 13.1. The predicted molar refractivity (Wildman–Crippen MR) is 83.3 cm³/mol. The molecule has 5 nitrogen and oxygen atoms in total. The molecule has 1 atom stereocenters. The highest BCUT2D eigenvalue weighted by Gasteiger charge is 2.39. The van der Waals surface area contributed by atoms with Gasteiger partial charge in [0.2, 0.25) is 5.91 Å². The zero-order valence-electron chi connectivity index (χ0n) is 12.2. The summed E-state index contributed by atoms with van der Waals surface area (Å²) in [5.41, 5.74) is 1.72. The van der Waals surface area contributed by atoms with E-state index in [0.717, 1.165) is 18.8 Å². The Labute approximate surface area is 129 Å². The molecule has 0 aliphatic carbocycles. The molecule has 0 N–H and O–H groups in total. The second-order valence-electron chi connectivity index (χ2n) is 5.87. The van der Waals surface area contributed by atoms with Crippen molar-refractivity contribution >= 4 is 27.5 Å². The van der Waals surface area contributed by atoms with Gasteiger partial charge in [0, 0.05) is 37.4 Å². The summed E-state index contributed by atoms with van der Waals surface area (Å²) in [5.74, 6) is -0.350. The van der Waals surface area contributed by atoms with Crippen molar-refractivity contribution in [2.45, 2.75) is 30.9 Å². The van der Waals surface area contributed by atoms with Gasteiger partial charge in [0.15, 0.2) is 0 Å². The Kier molecular flexibility index (Phi) is 4.08. The van der Waals surface area contributed by atoms with Crippen molar-refractivity contribution in [3.8, 4) is 0 Å². The van der Waals surface area contributed by atoms with Crippen LogP contribution in [0.15, 0.2) is 24.3 Å². The molecule has 2 saturated heterocycles. The number of hydrogen-bond donors (Lipinski definition) is 0. The topological polar surface area (TPSA) is 57.7 Å². The highest BCUT2D eigenvalue weighted by Crippen LogP contribution is 2.28. The van der Waals surface area contributed by atoms with Crippen LogP contribution in [0.4, 0.5) is 15.3 Å². The predicted octanol–water partition coefficient (Wildman–Crippen LogP) is 2.08. The van der Waals surface area contributed by atoms with Crippen LogP contribution in [0.3, 0.4) is 0 Å². The van der Waals surface area contributed by atoms with E-state index >= 15 is 0 Å². The van der Waals surface area contributed by atoms with Crippen LogP contribution in [0.1, 0.15) is 25.7 Å². The second-order valence-corrected chi connectivity index (χ2v) is 7.49. The number of halogens is 1. The first-order valence-electron chi connectivity index (χ1n) is 7.54. The number of anilines is 2. The van der Waals surface area contributed by atoms with Crippen LogP contribution in [0, 0.1) is 0 Å². The molecule has 1 aromatic rings. The molecule has 7 heteroatoms. The Hall–Kier alpha value is -1.63. The first kappa shape index (κ1) is 15.3. The minimum atomic E-state index is -4.67. The van der Waals surface area contributed by atoms with E-state index in [2.05, 4.69) is 4.90 Å². The fourth-order valence-corrected chi connectivity index (χ4v) is 3.78. The minimum Gasteiger partial charge on any atom is -0.372 e. The summed E-state index contributed by atoms with van der Waals surface area (Å²) >= 11 is 0. The van der Waals surface area contributed by atoms with Gasteiger partial charge in [-0.25, -0.2) is 0 Å². The maximum Gasteiger partial charge on any atom is 0.307 e. The van der Waals surface area contributed by atoms with E-state index < -0.39 is 15.5 Å². The molecular weight excluding hydrogens is 307 g/mol. The van der Waals surface area contributed by atoms with Crippen molar-refractivity contribution in [3.05, 3.63) is 24.3 Å². The monoisotopic (exact) mass is 326 g/mol. The van der Waals surface area contributed by atoms with Crippen molar-refractivity contribution in [1.82, 2.24) is 0 Å². The van der Waals surface area contributed by atoms with Crippen LogP contribution >= 0.6 is 0 Å². The average Bonchev–Trinajstić information content (AvgIpc) is 2.90. The molecule has 2 heterocycles. The van der Waals surface area contributed by atoms with Crippen molar-refractivity contribution in [2.75, 3.05) is 29.4 Å². The average molecular weight is 326 g/mol. The number of carbonyl (C=O) groups excluding carboxylic acids is 1. The van der Waals surface area contributed by atoms with Crippen molar-refractivity contribution < 1.29 is 17.1 Å². The molecule has 0 saturated carbocycles. The van der Waals surface area contributed by atoms with E-state index in [-0.39, 0.29) is 18.9 Å². The molecule has 0 radical (unpaired) electrons. The number of amides is 1. The Balaban J connectivity index is 1.74. The molecule has 2 aliphatic heterocycles. The van der Waals surface area contributed by atoms with Gasteiger partial charge >= 0.3 is 10.2 Å². The van der Waals surface area contributed by atoms with Gasteiger partial charge in [0.25, 0.3) is 0 Å². The van der Waals surface area contributed by atoms with Gasteiger partial charge in [-0.15, -0.1) is 3.89 Å². The van der Waals surface area contributed by atoms with Crippen LogP contribution in [-0.2, 0) is 15.0 Å². The van der Waals surface area contributed by atoms with Gasteiger partial charge < -0.3 is 9.80 Å². The van der Waals surface area contributed by atoms with Gasteiger partial charge in [0.1, 0.15) is 5.25 Å². The second kappa shape index (κ2) is 5.87. The summed E-state index contributed by atoms with van der Waals surface area (Å²) < 4.78 is 35.0. The van der Waals surface area contributed by atoms with Gasteiger partial charge in [-0.3, -0.25) is 4.79 Å². The summed E-state index contributed by atoms with van der Waals surface area (Å²) in [5, 5.41) is -1.25. The lowest BCUT2D eigenvalue weighted by molar-refractivity contribution is -0.117. The van der Waals surface area contributed by atoms with E-state index in [4.69, 9.17) is 0 Å². The first-order valence-corrected chi connectivity index (χ1v) is 8.99. The van der Waals surface area contributed by atoms with Crippen LogP contribution in [-0.4, -0.2) is 39.2 Å². The summed E-state index contributed by atoms with van der Waals surface area (Å²) in [6.45, 7) is 1.95. The molecule has 22 heavy (non-hydrogen) atoms. The molecule has 3 rings (SSSR count). The molecule has 1 unspecified atom stereocenters. The third kappa shape index (κ3) is 3.09. The first-order chi connectivity index (χ1) is 10.4. The lowest BCUT2D eigenvalue weighted by Gasteiger charge is -2.29. The summed E-state index contributed by atoms with van der Waals surface area (Å²) in [6.07, 6.45) is 3.34. The van der Waals surface area contributed by atoms with E-state index in [1.54, 1.807) is 12.1 Å². The fourth-order valence-electron chi connectivity index (χ4n) is 3.11. The number of hydrogen-bond acceptors (Lipinski definition) is 4. The van der Waals surface area contributed by atoms with Gasteiger partial charge in [-0.2, -0.15) is 8.42 Å². The number of rotatable bonds is 3. The van der Waals surface area contributed by atoms with E-state index in [1.165, 1.54) is 24.2 Å². The number of piperidine rings is 1. The number of carbonyl (C=O) groups is 1. The normalized spacial score (nSPS) is 23.1. The highest BCUT2D eigenvalue weighted by molar-refractivity contribution is 7.87. The zero-order valence-corrected chi connectivity index (χ0v) is 13.1. The SMILES string of the molecule is O=C1CC(S(=O)(=O)F)CN1c1ccc(N2CCCCC2)cc1. The van der Waals surface area contributed by atoms with E-state index in [1.807, 2.05) is 12.1 Å². The molecule has 0 aromatic heterocycles. The molecule has 0 bridgehead atoms. The number of benzene rings is 1. The lowest BCUT2D eigenvalue weighted by atomic mass is 10.1. The summed E-state index contributed by atoms with van der Waals surface area (Å²) in [7, 11) is -4.67.